The van der Waals surface area contributed by atoms with Crippen molar-refractivity contribution < 1.29 is 32.9 Å². The van der Waals surface area contributed by atoms with Crippen LogP contribution in [-0.2, 0) is 18.4 Å². The molecule has 0 aromatic carbocycles. The van der Waals surface area contributed by atoms with E-state index in [2.05, 4.69) is 129 Å². The number of unbranched alkanes of at least 4 members (excludes halogenated alkanes) is 16. The van der Waals surface area contributed by atoms with Gasteiger partial charge in [-0.3, -0.25) is 13.8 Å². The Kier molecular flexibility index (Phi) is 46.7. The molecule has 0 aromatic rings. The van der Waals surface area contributed by atoms with E-state index in [4.69, 9.17) is 9.05 Å². The predicted molar refractivity (Wildman–Crippen MR) is 295 cm³/mol. The number of aliphatic hydroxyl groups excluding tert-OH is 1. The minimum Gasteiger partial charge on any atom is -0.387 e. The molecule has 0 spiro atoms. The normalized spacial score (nSPS) is 15.0. The second-order valence-electron chi connectivity index (χ2n) is 18.9. The first-order chi connectivity index (χ1) is 33.0. The summed E-state index contributed by atoms with van der Waals surface area (Å²) in [5, 5.41) is 13.9. The van der Waals surface area contributed by atoms with Gasteiger partial charge in [-0.25, -0.2) is 4.57 Å². The van der Waals surface area contributed by atoms with Crippen LogP contribution in [0.5, 0.6) is 0 Å². The summed E-state index contributed by atoms with van der Waals surface area (Å²) in [6.07, 6.45) is 72.9. The van der Waals surface area contributed by atoms with Gasteiger partial charge in [-0.05, 0) is 96.3 Å². The molecular formula is C59H102N2O6P+. The Bertz CT molecular complexity index is 1510. The molecule has 3 atom stereocenters. The molecule has 8 nitrogen and oxygen atoms in total. The standard InChI is InChI=1S/C59H101N2O6P/c1-6-8-10-12-14-16-18-20-22-24-25-26-27-28-29-30-31-32-33-34-35-37-39-41-43-45-47-49-51-53-59(63)60-57(56-67-68(64,65)66-55-54-61(3,4)5)58(62)52-50-48-46-44-42-40-38-36-23-21-19-17-15-13-11-9-7-2/h8,10,14,16,20,22,25-26,28-29,31-32,34-35,39,41-42,44,50,52,57-58,62H,6-7,9,11-13,15,17-19,21,23-24,27,30,33,36-38,40,43,45-49,51,53-56H2,1-5H3,(H-,60,63,64,65)/p+1/b10-8-,16-14-,22-20-,26-25-,29-28-,32-31-,35-34-,41-39-,44-42+,52-50+. The van der Waals surface area contributed by atoms with E-state index in [1.165, 1.54) is 70.6 Å². The molecule has 1 amide bonds. The number of nitrogens with one attached hydrogen (secondary N) is 1. The molecule has 3 N–H and O–H groups in total. The number of hydrogen-bond donors (Lipinski definition) is 3. The molecule has 0 saturated heterocycles. The number of aliphatic hydroxyl groups is 1. The lowest BCUT2D eigenvalue weighted by molar-refractivity contribution is -0.870. The van der Waals surface area contributed by atoms with Gasteiger partial charge in [0.15, 0.2) is 0 Å². The van der Waals surface area contributed by atoms with Crippen molar-refractivity contribution in [2.75, 3.05) is 40.9 Å². The molecule has 0 aromatic heterocycles. The Hall–Kier alpha value is -3.10. The van der Waals surface area contributed by atoms with Crippen molar-refractivity contribution in [3.8, 4) is 0 Å². The molecule has 0 aliphatic carbocycles. The zero-order chi connectivity index (χ0) is 49.9. The van der Waals surface area contributed by atoms with E-state index in [0.29, 0.717) is 17.4 Å². The molecule has 0 aliphatic heterocycles. The maximum Gasteiger partial charge on any atom is 0.472 e. The van der Waals surface area contributed by atoms with Gasteiger partial charge in [-0.2, -0.15) is 0 Å². The van der Waals surface area contributed by atoms with Gasteiger partial charge in [-0.1, -0.05) is 212 Å². The van der Waals surface area contributed by atoms with Crippen molar-refractivity contribution in [2.24, 2.45) is 0 Å². The number of hydrogen-bond acceptors (Lipinski definition) is 5. The van der Waals surface area contributed by atoms with E-state index >= 15 is 0 Å². The Morgan fingerprint density at radius 2 is 0.897 bits per heavy atom. The lowest BCUT2D eigenvalue weighted by Gasteiger charge is -2.25. The molecule has 3 unspecified atom stereocenters. The average Bonchev–Trinajstić information content (AvgIpc) is 3.30. The molecule has 0 bridgehead atoms. The molecule has 0 heterocycles. The number of allylic oxidation sites excluding steroid dienone is 19. The second kappa shape index (κ2) is 48.9. The molecule has 68 heavy (non-hydrogen) atoms. The Balaban J connectivity index is 4.39. The summed E-state index contributed by atoms with van der Waals surface area (Å²) in [4.78, 5) is 23.2. The van der Waals surface area contributed by atoms with E-state index in [1.807, 2.05) is 27.2 Å². The number of rotatable bonds is 47. The van der Waals surface area contributed by atoms with Crippen LogP contribution in [0.25, 0.3) is 0 Å². The van der Waals surface area contributed by atoms with E-state index in [0.717, 1.165) is 103 Å². The van der Waals surface area contributed by atoms with Gasteiger partial charge in [0.25, 0.3) is 0 Å². The minimum atomic E-state index is -4.37. The molecule has 0 rings (SSSR count). The molecular weight excluding hydrogens is 864 g/mol. The monoisotopic (exact) mass is 966 g/mol. The van der Waals surface area contributed by atoms with Gasteiger partial charge in [0.05, 0.1) is 39.9 Å². The lowest BCUT2D eigenvalue weighted by Crippen LogP contribution is -2.45. The van der Waals surface area contributed by atoms with E-state index < -0.39 is 20.0 Å². The summed E-state index contributed by atoms with van der Waals surface area (Å²) in [6.45, 7) is 4.64. The Morgan fingerprint density at radius 3 is 1.35 bits per heavy atom. The fourth-order valence-electron chi connectivity index (χ4n) is 6.95. The number of likely N-dealkylation sites (N-methyl/N-ethyl adjacent to an activating group) is 1. The summed E-state index contributed by atoms with van der Waals surface area (Å²) in [6, 6.07) is -0.886. The molecule has 388 valence electrons. The maximum atomic E-state index is 12.9. The van der Waals surface area contributed by atoms with Crippen LogP contribution in [0, 0.1) is 0 Å². The Labute approximate surface area is 418 Å². The van der Waals surface area contributed by atoms with Crippen LogP contribution in [-0.4, -0.2) is 73.4 Å². The van der Waals surface area contributed by atoms with Crippen molar-refractivity contribution in [3.05, 3.63) is 122 Å². The van der Waals surface area contributed by atoms with Crippen LogP contribution in [0.4, 0.5) is 0 Å². The fourth-order valence-corrected chi connectivity index (χ4v) is 7.69. The van der Waals surface area contributed by atoms with Crippen LogP contribution in [0.15, 0.2) is 122 Å². The smallest absolute Gasteiger partial charge is 0.387 e. The number of nitrogens with zero attached hydrogens (tertiary/aromatic N) is 1. The highest BCUT2D eigenvalue weighted by Crippen LogP contribution is 2.43. The fraction of sp³-hybridized carbons (Fsp3) is 0.644. The molecule has 9 heteroatoms. The minimum absolute atomic E-state index is 0.0438. The summed E-state index contributed by atoms with van der Waals surface area (Å²) in [5.74, 6) is -0.217. The Morgan fingerprint density at radius 1 is 0.515 bits per heavy atom. The summed E-state index contributed by atoms with van der Waals surface area (Å²) >= 11 is 0. The molecule has 0 saturated carbocycles. The number of phosphoric ester groups is 1. The largest absolute Gasteiger partial charge is 0.472 e. The van der Waals surface area contributed by atoms with Crippen LogP contribution < -0.4 is 5.32 Å². The highest BCUT2D eigenvalue weighted by atomic mass is 31.2. The summed E-state index contributed by atoms with van der Waals surface area (Å²) in [5.41, 5.74) is 0. The van der Waals surface area contributed by atoms with Crippen molar-refractivity contribution in [1.29, 1.82) is 0 Å². The molecule has 0 aliphatic rings. The lowest BCUT2D eigenvalue weighted by atomic mass is 10.1. The molecule has 0 fully saturated rings. The third-order valence-corrected chi connectivity index (χ3v) is 12.1. The topological polar surface area (TPSA) is 105 Å². The highest BCUT2D eigenvalue weighted by molar-refractivity contribution is 7.47. The first-order valence-electron chi connectivity index (χ1n) is 26.9. The van der Waals surface area contributed by atoms with Crippen molar-refractivity contribution in [1.82, 2.24) is 5.32 Å². The van der Waals surface area contributed by atoms with Gasteiger partial charge < -0.3 is 19.8 Å². The average molecular weight is 966 g/mol. The first kappa shape index (κ1) is 64.9. The SMILES string of the molecule is CC/C=C\C/C=C\C/C=C\C/C=C\C/C=C\C/C=C\C/C=C\C/C=C\CCCCCCC(=O)NC(COP(=O)(O)OCC[N+](C)(C)C)C(O)/C=C/CC/C=C/CCCCCCCCCCCCC. The number of carbonyl (C=O) groups excluding carboxylic acids is 1. The highest BCUT2D eigenvalue weighted by Gasteiger charge is 2.27. The van der Waals surface area contributed by atoms with E-state index in [-0.39, 0.29) is 19.1 Å². The number of amides is 1. The zero-order valence-electron chi connectivity index (χ0n) is 44.0. The third-order valence-electron chi connectivity index (χ3n) is 11.2. The van der Waals surface area contributed by atoms with Crippen molar-refractivity contribution in [2.45, 2.75) is 206 Å². The van der Waals surface area contributed by atoms with Crippen LogP contribution in [0.2, 0.25) is 0 Å². The number of phosphoric acid groups is 1. The van der Waals surface area contributed by atoms with Gasteiger partial charge in [0.1, 0.15) is 13.2 Å². The van der Waals surface area contributed by atoms with Crippen molar-refractivity contribution in [3.63, 3.8) is 0 Å². The van der Waals surface area contributed by atoms with Gasteiger partial charge >= 0.3 is 7.82 Å². The second-order valence-corrected chi connectivity index (χ2v) is 20.3. The van der Waals surface area contributed by atoms with E-state index in [9.17, 15) is 19.4 Å². The van der Waals surface area contributed by atoms with Crippen molar-refractivity contribution >= 4 is 13.7 Å². The van der Waals surface area contributed by atoms with Crippen LogP contribution in [0.3, 0.4) is 0 Å². The number of carbonyl (C=O) groups is 1. The quantitative estimate of drug-likeness (QED) is 0.0243. The van der Waals surface area contributed by atoms with Crippen LogP contribution in [0.1, 0.15) is 194 Å². The first-order valence-corrected chi connectivity index (χ1v) is 28.4. The van der Waals surface area contributed by atoms with Gasteiger partial charge in [0.2, 0.25) is 5.91 Å². The number of quaternary nitrogens is 1. The maximum absolute atomic E-state index is 12.9. The predicted octanol–water partition coefficient (Wildman–Crippen LogP) is 16.2. The van der Waals surface area contributed by atoms with Crippen LogP contribution >= 0.6 is 7.82 Å². The zero-order valence-corrected chi connectivity index (χ0v) is 44.9. The molecule has 0 radical (unpaired) electrons. The van der Waals surface area contributed by atoms with Gasteiger partial charge in [-0.15, -0.1) is 0 Å². The summed E-state index contributed by atoms with van der Waals surface area (Å²) in [7, 11) is 1.52. The summed E-state index contributed by atoms with van der Waals surface area (Å²) < 4.78 is 23.6. The van der Waals surface area contributed by atoms with Gasteiger partial charge in [0, 0.05) is 6.42 Å². The van der Waals surface area contributed by atoms with E-state index in [1.54, 1.807) is 6.08 Å². The third kappa shape index (κ3) is 50.8.